The van der Waals surface area contributed by atoms with E-state index in [1.165, 1.54) is 0 Å². The number of amides is 2. The molecule has 6 nitrogen and oxygen atoms in total. The van der Waals surface area contributed by atoms with E-state index in [1.807, 2.05) is 103 Å². The first-order valence-corrected chi connectivity index (χ1v) is 11.6. The molecule has 0 fully saturated rings. The Balaban J connectivity index is 1.51. The van der Waals surface area contributed by atoms with Crippen molar-refractivity contribution >= 4 is 28.5 Å². The fourth-order valence-corrected chi connectivity index (χ4v) is 4.75. The molecule has 2 amide bonds. The molecule has 2 heterocycles. The molecule has 6 heteroatoms. The number of fused-ring (bicyclic) bond motifs is 3. The number of aromatic nitrogens is 2. The van der Waals surface area contributed by atoms with Crippen molar-refractivity contribution in [1.82, 2.24) is 14.5 Å². The van der Waals surface area contributed by atoms with Crippen LogP contribution >= 0.6 is 0 Å². The number of para-hydroxylation sites is 2. The number of aryl methyl sites for hydroxylation is 1. The summed E-state index contributed by atoms with van der Waals surface area (Å²) in [6.07, 6.45) is 0.0393. The number of carbonyl (C=O) groups is 2. The maximum Gasteiger partial charge on any atom is 0.247 e. The van der Waals surface area contributed by atoms with E-state index in [2.05, 4.69) is 5.32 Å². The third kappa shape index (κ3) is 3.85. The normalized spacial score (nSPS) is 17.6. The van der Waals surface area contributed by atoms with Gasteiger partial charge in [-0.05, 0) is 55.7 Å². The van der Waals surface area contributed by atoms with E-state index in [0.717, 1.165) is 39.2 Å². The number of benzene rings is 3. The molecule has 1 aliphatic rings. The first kappa shape index (κ1) is 21.9. The van der Waals surface area contributed by atoms with Gasteiger partial charge in [0.2, 0.25) is 11.8 Å². The molecule has 1 aromatic heterocycles. The molecule has 4 aromatic rings. The maximum absolute atomic E-state index is 13.9. The molecule has 0 radical (unpaired) electrons. The number of nitrogens with one attached hydrogen (secondary N) is 1. The van der Waals surface area contributed by atoms with Crippen molar-refractivity contribution in [1.29, 1.82) is 0 Å². The van der Waals surface area contributed by atoms with Crippen LogP contribution in [0.1, 0.15) is 47.9 Å². The summed E-state index contributed by atoms with van der Waals surface area (Å²) < 4.78 is 1.96. The average molecular weight is 453 g/mol. The van der Waals surface area contributed by atoms with Crippen LogP contribution in [0.5, 0.6) is 0 Å². The molecule has 1 aliphatic heterocycles. The molecule has 5 rings (SSSR count). The topological polar surface area (TPSA) is 67.2 Å². The van der Waals surface area contributed by atoms with Crippen molar-refractivity contribution in [3.8, 4) is 0 Å². The highest BCUT2D eigenvalue weighted by Gasteiger charge is 2.40. The number of nitrogens with zero attached hydrogens (tertiary/aromatic N) is 3. The van der Waals surface area contributed by atoms with Gasteiger partial charge in [-0.25, -0.2) is 4.98 Å². The standard InChI is InChI=1S/C28H28N4O2/c1-18-10-9-14-22(19(18)2)29-26(33)16-25-28(34)31(17-21-11-5-4-6-12-21)20(3)27-30-23-13-7-8-15-24(23)32(25)27/h4-15,20,25H,16-17H2,1-3H3,(H,29,33)/t20-,25+/m0/s1. The number of carbonyl (C=O) groups excluding carboxylic acids is 2. The van der Waals surface area contributed by atoms with Crippen LogP contribution in [0.25, 0.3) is 11.0 Å². The molecule has 2 atom stereocenters. The van der Waals surface area contributed by atoms with Gasteiger partial charge in [0.05, 0.1) is 23.5 Å². The van der Waals surface area contributed by atoms with Crippen molar-refractivity contribution in [2.24, 2.45) is 0 Å². The lowest BCUT2D eigenvalue weighted by molar-refractivity contribution is -0.142. The Morgan fingerprint density at radius 1 is 0.971 bits per heavy atom. The van der Waals surface area contributed by atoms with Gasteiger partial charge in [-0.1, -0.05) is 54.6 Å². The molecule has 0 aliphatic carbocycles. The number of anilines is 1. The molecule has 1 N–H and O–H groups in total. The third-order valence-electron chi connectivity index (χ3n) is 6.80. The van der Waals surface area contributed by atoms with Gasteiger partial charge in [0.15, 0.2) is 0 Å². The van der Waals surface area contributed by atoms with E-state index >= 15 is 0 Å². The number of hydrogen-bond donors (Lipinski definition) is 1. The van der Waals surface area contributed by atoms with Crippen LogP contribution in [-0.4, -0.2) is 26.3 Å². The minimum Gasteiger partial charge on any atom is -0.327 e. The molecule has 0 bridgehead atoms. The lowest BCUT2D eigenvalue weighted by atomic mass is 10.0. The van der Waals surface area contributed by atoms with Crippen LogP contribution in [0.4, 0.5) is 5.69 Å². The number of imidazole rings is 1. The van der Waals surface area contributed by atoms with E-state index in [9.17, 15) is 9.59 Å². The summed E-state index contributed by atoms with van der Waals surface area (Å²) in [5.41, 5.74) is 5.67. The minimum atomic E-state index is -0.660. The Kier molecular flexibility index (Phi) is 5.65. The smallest absolute Gasteiger partial charge is 0.247 e. The van der Waals surface area contributed by atoms with Crippen molar-refractivity contribution in [2.75, 3.05) is 5.32 Å². The lowest BCUT2D eigenvalue weighted by Gasteiger charge is -2.38. The molecule has 0 saturated heterocycles. The summed E-state index contributed by atoms with van der Waals surface area (Å²) in [7, 11) is 0. The largest absolute Gasteiger partial charge is 0.327 e. The Bertz CT molecular complexity index is 1380. The van der Waals surface area contributed by atoms with Gasteiger partial charge in [-0.15, -0.1) is 0 Å². The van der Waals surface area contributed by atoms with Gasteiger partial charge in [-0.2, -0.15) is 0 Å². The van der Waals surface area contributed by atoms with Crippen LogP contribution in [0.15, 0.2) is 72.8 Å². The second-order valence-electron chi connectivity index (χ2n) is 8.97. The van der Waals surface area contributed by atoms with E-state index < -0.39 is 6.04 Å². The maximum atomic E-state index is 13.9. The first-order valence-electron chi connectivity index (χ1n) is 11.6. The quantitative estimate of drug-likeness (QED) is 0.445. The Morgan fingerprint density at radius 2 is 1.71 bits per heavy atom. The van der Waals surface area contributed by atoms with Crippen LogP contribution < -0.4 is 5.32 Å². The second-order valence-corrected chi connectivity index (χ2v) is 8.97. The highest BCUT2D eigenvalue weighted by molar-refractivity contribution is 5.96. The number of hydrogen-bond acceptors (Lipinski definition) is 3. The van der Waals surface area contributed by atoms with Crippen LogP contribution in [0, 0.1) is 13.8 Å². The predicted molar refractivity (Wildman–Crippen MR) is 133 cm³/mol. The zero-order chi connectivity index (χ0) is 23.8. The monoisotopic (exact) mass is 452 g/mol. The molecule has 172 valence electrons. The summed E-state index contributed by atoms with van der Waals surface area (Å²) in [6, 6.07) is 22.7. The van der Waals surface area contributed by atoms with Gasteiger partial charge >= 0.3 is 0 Å². The Labute approximate surface area is 199 Å². The predicted octanol–water partition coefficient (Wildman–Crippen LogP) is 5.33. The van der Waals surface area contributed by atoms with Crippen LogP contribution in [0.3, 0.4) is 0 Å². The first-order chi connectivity index (χ1) is 16.4. The van der Waals surface area contributed by atoms with E-state index in [-0.39, 0.29) is 24.3 Å². The summed E-state index contributed by atoms with van der Waals surface area (Å²) in [6.45, 7) is 6.48. The summed E-state index contributed by atoms with van der Waals surface area (Å²) in [5, 5.41) is 3.02. The summed E-state index contributed by atoms with van der Waals surface area (Å²) >= 11 is 0. The molecule has 34 heavy (non-hydrogen) atoms. The van der Waals surface area contributed by atoms with Gasteiger partial charge in [0, 0.05) is 12.2 Å². The fraction of sp³-hybridized carbons (Fsp3) is 0.250. The molecular formula is C28H28N4O2. The Morgan fingerprint density at radius 3 is 2.50 bits per heavy atom. The van der Waals surface area contributed by atoms with E-state index in [1.54, 1.807) is 0 Å². The molecule has 0 saturated carbocycles. The van der Waals surface area contributed by atoms with Gasteiger partial charge < -0.3 is 14.8 Å². The fourth-order valence-electron chi connectivity index (χ4n) is 4.75. The molecule has 3 aromatic carbocycles. The molecular weight excluding hydrogens is 424 g/mol. The highest BCUT2D eigenvalue weighted by atomic mass is 16.2. The van der Waals surface area contributed by atoms with E-state index in [0.29, 0.717) is 6.54 Å². The van der Waals surface area contributed by atoms with Gasteiger partial charge in [0.1, 0.15) is 11.9 Å². The number of rotatable bonds is 5. The van der Waals surface area contributed by atoms with Crippen LogP contribution in [-0.2, 0) is 16.1 Å². The van der Waals surface area contributed by atoms with Crippen molar-refractivity contribution in [3.63, 3.8) is 0 Å². The molecule has 0 spiro atoms. The van der Waals surface area contributed by atoms with Crippen molar-refractivity contribution in [2.45, 2.75) is 45.8 Å². The van der Waals surface area contributed by atoms with Crippen molar-refractivity contribution in [3.05, 3.63) is 95.3 Å². The van der Waals surface area contributed by atoms with Gasteiger partial charge in [0.25, 0.3) is 0 Å². The van der Waals surface area contributed by atoms with Gasteiger partial charge in [-0.3, -0.25) is 9.59 Å². The summed E-state index contributed by atoms with van der Waals surface area (Å²) in [5.74, 6) is 0.550. The van der Waals surface area contributed by atoms with Crippen molar-refractivity contribution < 1.29 is 9.59 Å². The minimum absolute atomic E-state index is 0.0393. The average Bonchev–Trinajstić information content (AvgIpc) is 3.23. The third-order valence-corrected chi connectivity index (χ3v) is 6.80. The Hall–Kier alpha value is -3.93. The zero-order valence-corrected chi connectivity index (χ0v) is 19.7. The SMILES string of the molecule is Cc1cccc(NC(=O)C[C@@H]2C(=O)N(Cc3ccccc3)[C@@H](C)c3nc4ccccc4n32)c1C. The zero-order valence-electron chi connectivity index (χ0n) is 19.7. The van der Waals surface area contributed by atoms with E-state index in [4.69, 9.17) is 4.98 Å². The molecule has 0 unspecified atom stereocenters. The lowest BCUT2D eigenvalue weighted by Crippen LogP contribution is -2.45. The summed E-state index contributed by atoms with van der Waals surface area (Å²) in [4.78, 5) is 33.7. The van der Waals surface area contributed by atoms with Crippen LogP contribution in [0.2, 0.25) is 0 Å². The second kappa shape index (κ2) is 8.78. The highest BCUT2D eigenvalue weighted by Crippen LogP contribution is 2.37.